The molecule has 0 radical (unpaired) electrons. The van der Waals surface area contributed by atoms with Gasteiger partial charge in [0.1, 0.15) is 5.75 Å². The number of likely N-dealkylation sites (N-methyl/N-ethyl adjacent to an activating group) is 1. The summed E-state index contributed by atoms with van der Waals surface area (Å²) in [6.07, 6.45) is 1.82. The molecule has 3 amide bonds. The maximum atomic E-state index is 13.3. The van der Waals surface area contributed by atoms with E-state index in [4.69, 9.17) is 4.74 Å². The quantitative estimate of drug-likeness (QED) is 0.697. The summed E-state index contributed by atoms with van der Waals surface area (Å²) in [6, 6.07) is 17.5. The van der Waals surface area contributed by atoms with Crippen LogP contribution in [-0.2, 0) is 19.8 Å². The Morgan fingerprint density at radius 2 is 1.68 bits per heavy atom. The number of hydrogen-bond donors (Lipinski definition) is 0. The summed E-state index contributed by atoms with van der Waals surface area (Å²) in [4.78, 5) is 41.8. The monoisotopic (exact) mass is 420 g/mol. The molecule has 31 heavy (non-hydrogen) atoms. The van der Waals surface area contributed by atoms with Crippen molar-refractivity contribution < 1.29 is 19.1 Å². The molecule has 0 bridgehead atoms. The number of benzene rings is 2. The second-order valence-corrected chi connectivity index (χ2v) is 8.49. The molecule has 0 N–H and O–H groups in total. The van der Waals surface area contributed by atoms with E-state index in [1.54, 1.807) is 31.4 Å². The van der Waals surface area contributed by atoms with Gasteiger partial charge in [0.15, 0.2) is 0 Å². The van der Waals surface area contributed by atoms with E-state index in [1.165, 1.54) is 12.6 Å². The van der Waals surface area contributed by atoms with Gasteiger partial charge >= 0.3 is 0 Å². The fourth-order valence-electron chi connectivity index (χ4n) is 4.82. The lowest BCUT2D eigenvalue weighted by Crippen LogP contribution is -2.44. The van der Waals surface area contributed by atoms with Gasteiger partial charge in [0, 0.05) is 33.0 Å². The van der Waals surface area contributed by atoms with E-state index in [-0.39, 0.29) is 30.6 Å². The predicted molar refractivity (Wildman–Crippen MR) is 117 cm³/mol. The number of hydrogen-bond acceptors (Lipinski definition) is 4. The Hall–Kier alpha value is -3.15. The van der Waals surface area contributed by atoms with Crippen LogP contribution in [0.3, 0.4) is 0 Å². The van der Waals surface area contributed by atoms with Crippen molar-refractivity contribution in [2.75, 3.05) is 27.2 Å². The molecule has 2 aliphatic heterocycles. The summed E-state index contributed by atoms with van der Waals surface area (Å²) >= 11 is 0. The minimum atomic E-state index is -1.15. The molecule has 2 fully saturated rings. The molecule has 2 aliphatic rings. The van der Waals surface area contributed by atoms with Crippen LogP contribution >= 0.6 is 0 Å². The number of ether oxygens (including phenoxy) is 1. The minimum absolute atomic E-state index is 0.00421. The minimum Gasteiger partial charge on any atom is -0.497 e. The molecule has 0 aromatic heterocycles. The molecule has 2 saturated heterocycles. The number of rotatable bonds is 5. The number of piperidine rings is 1. The number of nitrogens with zero attached hydrogens (tertiary/aromatic N) is 2. The van der Waals surface area contributed by atoms with Crippen LogP contribution in [0.1, 0.15) is 42.7 Å². The number of amides is 3. The van der Waals surface area contributed by atoms with E-state index in [0.29, 0.717) is 30.3 Å². The average Bonchev–Trinajstić information content (AvgIpc) is 3.04. The standard InChI is InChI=1S/C25H28N2O4/c1-26-22(28)16-25(24(26)30,20-8-10-21(31-2)11-9-20)17-23(29)27-14-12-19(13-15-27)18-6-4-3-5-7-18/h3-11,19H,12-17H2,1-2H3. The van der Waals surface area contributed by atoms with E-state index < -0.39 is 5.41 Å². The van der Waals surface area contributed by atoms with Crippen LogP contribution < -0.4 is 4.74 Å². The Morgan fingerprint density at radius 1 is 1.03 bits per heavy atom. The molecular weight excluding hydrogens is 392 g/mol. The molecule has 1 unspecified atom stereocenters. The SMILES string of the molecule is COc1ccc(C2(CC(=O)N3CCC(c4ccccc4)CC3)CC(=O)N(C)C2=O)cc1. The van der Waals surface area contributed by atoms with Crippen LogP contribution in [0.15, 0.2) is 54.6 Å². The maximum Gasteiger partial charge on any atom is 0.240 e. The van der Waals surface area contributed by atoms with Gasteiger partial charge in [0.25, 0.3) is 0 Å². The highest BCUT2D eigenvalue weighted by Crippen LogP contribution is 2.41. The van der Waals surface area contributed by atoms with Gasteiger partial charge < -0.3 is 9.64 Å². The Morgan fingerprint density at radius 3 is 2.23 bits per heavy atom. The average molecular weight is 421 g/mol. The van der Waals surface area contributed by atoms with E-state index in [1.807, 2.05) is 23.1 Å². The summed E-state index contributed by atoms with van der Waals surface area (Å²) in [6.45, 7) is 1.32. The first-order valence-corrected chi connectivity index (χ1v) is 10.7. The largest absolute Gasteiger partial charge is 0.497 e. The Bertz CT molecular complexity index is 965. The first-order chi connectivity index (χ1) is 14.9. The van der Waals surface area contributed by atoms with Crippen LogP contribution in [0.2, 0.25) is 0 Å². The summed E-state index contributed by atoms with van der Waals surface area (Å²) < 4.78 is 5.22. The summed E-state index contributed by atoms with van der Waals surface area (Å²) in [7, 11) is 3.07. The van der Waals surface area contributed by atoms with Crippen LogP contribution in [0.25, 0.3) is 0 Å². The molecule has 4 rings (SSSR count). The molecule has 2 heterocycles. The summed E-state index contributed by atoms with van der Waals surface area (Å²) in [5.41, 5.74) is 0.844. The lowest BCUT2D eigenvalue weighted by Gasteiger charge is -2.35. The zero-order chi connectivity index (χ0) is 22.0. The topological polar surface area (TPSA) is 66.9 Å². The number of imide groups is 1. The van der Waals surface area contributed by atoms with Crippen LogP contribution in [-0.4, -0.2) is 54.8 Å². The van der Waals surface area contributed by atoms with E-state index in [9.17, 15) is 14.4 Å². The van der Waals surface area contributed by atoms with Gasteiger partial charge in [-0.1, -0.05) is 42.5 Å². The molecule has 6 nitrogen and oxygen atoms in total. The van der Waals surface area contributed by atoms with Gasteiger partial charge in [-0.05, 0) is 42.0 Å². The van der Waals surface area contributed by atoms with Gasteiger partial charge in [-0.25, -0.2) is 0 Å². The van der Waals surface area contributed by atoms with E-state index in [2.05, 4.69) is 12.1 Å². The molecule has 1 atom stereocenters. The molecule has 0 saturated carbocycles. The third kappa shape index (κ3) is 3.94. The summed E-state index contributed by atoms with van der Waals surface area (Å²) in [5.74, 6) is 0.477. The Kier molecular flexibility index (Phi) is 5.81. The highest BCUT2D eigenvalue weighted by Gasteiger charge is 2.53. The lowest BCUT2D eigenvalue weighted by molar-refractivity contribution is -0.141. The van der Waals surface area contributed by atoms with Gasteiger partial charge in [0.05, 0.1) is 12.5 Å². The second kappa shape index (κ2) is 8.53. The molecule has 2 aromatic carbocycles. The zero-order valence-corrected chi connectivity index (χ0v) is 18.0. The smallest absolute Gasteiger partial charge is 0.240 e. The third-order valence-corrected chi connectivity index (χ3v) is 6.76. The van der Waals surface area contributed by atoms with Crippen molar-refractivity contribution in [1.82, 2.24) is 9.80 Å². The van der Waals surface area contributed by atoms with Crippen molar-refractivity contribution in [2.45, 2.75) is 37.0 Å². The first-order valence-electron chi connectivity index (χ1n) is 10.7. The van der Waals surface area contributed by atoms with Crippen molar-refractivity contribution in [1.29, 1.82) is 0 Å². The van der Waals surface area contributed by atoms with Gasteiger partial charge in [-0.2, -0.15) is 0 Å². The number of methoxy groups -OCH3 is 1. The molecule has 0 spiro atoms. The normalized spacial score (nSPS) is 22.1. The predicted octanol–water partition coefficient (Wildman–Crippen LogP) is 3.12. The van der Waals surface area contributed by atoms with Crippen molar-refractivity contribution in [2.24, 2.45) is 0 Å². The zero-order valence-electron chi connectivity index (χ0n) is 18.0. The van der Waals surface area contributed by atoms with Crippen LogP contribution in [0.4, 0.5) is 0 Å². The molecular formula is C25H28N2O4. The number of carbonyl (C=O) groups excluding carboxylic acids is 3. The Balaban J connectivity index is 1.52. The fraction of sp³-hybridized carbons (Fsp3) is 0.400. The van der Waals surface area contributed by atoms with Crippen molar-refractivity contribution in [3.05, 3.63) is 65.7 Å². The maximum absolute atomic E-state index is 13.3. The lowest BCUT2D eigenvalue weighted by atomic mass is 9.75. The fourth-order valence-corrected chi connectivity index (χ4v) is 4.82. The van der Waals surface area contributed by atoms with Gasteiger partial charge in [-0.15, -0.1) is 0 Å². The Labute approximate surface area is 182 Å². The van der Waals surface area contributed by atoms with Gasteiger partial charge in [-0.3, -0.25) is 19.3 Å². The van der Waals surface area contributed by atoms with Gasteiger partial charge in [0.2, 0.25) is 17.7 Å². The van der Waals surface area contributed by atoms with Crippen molar-refractivity contribution in [3.63, 3.8) is 0 Å². The van der Waals surface area contributed by atoms with E-state index in [0.717, 1.165) is 17.7 Å². The van der Waals surface area contributed by atoms with Crippen LogP contribution in [0.5, 0.6) is 5.75 Å². The second-order valence-electron chi connectivity index (χ2n) is 8.49. The molecule has 0 aliphatic carbocycles. The first kappa shape index (κ1) is 21.1. The molecule has 162 valence electrons. The summed E-state index contributed by atoms with van der Waals surface area (Å²) in [5, 5.41) is 0. The number of likely N-dealkylation sites (tertiary alicyclic amines) is 2. The highest BCUT2D eigenvalue weighted by atomic mass is 16.5. The van der Waals surface area contributed by atoms with Crippen LogP contribution in [0, 0.1) is 0 Å². The number of carbonyl (C=O) groups is 3. The molecule has 2 aromatic rings. The highest BCUT2D eigenvalue weighted by molar-refractivity contribution is 6.10. The van der Waals surface area contributed by atoms with Crippen molar-refractivity contribution in [3.8, 4) is 5.75 Å². The van der Waals surface area contributed by atoms with E-state index >= 15 is 0 Å². The van der Waals surface area contributed by atoms with Crippen molar-refractivity contribution >= 4 is 17.7 Å². The molecule has 6 heteroatoms. The third-order valence-electron chi connectivity index (χ3n) is 6.76.